The van der Waals surface area contributed by atoms with Crippen molar-refractivity contribution in [3.8, 4) is 5.75 Å². The van der Waals surface area contributed by atoms with E-state index in [0.29, 0.717) is 11.3 Å². The zero-order chi connectivity index (χ0) is 14.4. The van der Waals surface area contributed by atoms with Crippen molar-refractivity contribution >= 4 is 11.9 Å². The fourth-order valence-electron chi connectivity index (χ4n) is 1.65. The number of rotatable bonds is 6. The average Bonchev–Trinajstić information content (AvgIpc) is 2.35. The van der Waals surface area contributed by atoms with E-state index in [1.54, 1.807) is 12.1 Å². The summed E-state index contributed by atoms with van der Waals surface area (Å²) in [6.07, 6.45) is -0.00532. The molecular weight excluding hydrogens is 250 g/mol. The van der Waals surface area contributed by atoms with Crippen LogP contribution in [0.5, 0.6) is 5.75 Å². The Balaban J connectivity index is 2.76. The number of carboxylic acids is 1. The summed E-state index contributed by atoms with van der Waals surface area (Å²) >= 11 is 0. The molecule has 3 N–H and O–H groups in total. The van der Waals surface area contributed by atoms with E-state index >= 15 is 0 Å². The van der Waals surface area contributed by atoms with Gasteiger partial charge in [-0.15, -0.1) is 0 Å². The van der Waals surface area contributed by atoms with Crippen molar-refractivity contribution in [2.24, 2.45) is 0 Å². The Bertz CT molecular complexity index is 472. The van der Waals surface area contributed by atoms with Crippen molar-refractivity contribution in [2.45, 2.75) is 19.4 Å². The first-order chi connectivity index (χ1) is 8.97. The Morgan fingerprint density at radius 2 is 2.11 bits per heavy atom. The third-order valence-electron chi connectivity index (χ3n) is 2.60. The molecule has 0 radical (unpaired) electrons. The standard InChI is InChI=1S/C13H17NO5/c1-8-3-4-11(19-2)9(5-8)6-12(16)14-10(7-15)13(17)18/h3-5,10,15H,6-7H2,1-2H3,(H,14,16)(H,17,18)/t10-/m1/s1. The molecule has 0 aliphatic carbocycles. The minimum atomic E-state index is -1.29. The number of aliphatic hydroxyl groups excluding tert-OH is 1. The third kappa shape index (κ3) is 4.26. The minimum absolute atomic E-state index is 0.00532. The molecule has 0 heterocycles. The summed E-state index contributed by atoms with van der Waals surface area (Å²) < 4.78 is 5.13. The summed E-state index contributed by atoms with van der Waals surface area (Å²) in [7, 11) is 1.50. The molecular formula is C13H17NO5. The first-order valence-electron chi connectivity index (χ1n) is 5.74. The smallest absolute Gasteiger partial charge is 0.328 e. The number of benzene rings is 1. The Hall–Kier alpha value is -2.08. The topological polar surface area (TPSA) is 95.9 Å². The molecule has 0 aromatic heterocycles. The number of aliphatic hydroxyl groups is 1. The van der Waals surface area contributed by atoms with E-state index in [2.05, 4.69) is 5.32 Å². The Morgan fingerprint density at radius 3 is 2.63 bits per heavy atom. The zero-order valence-electron chi connectivity index (χ0n) is 10.8. The number of carbonyl (C=O) groups excluding carboxylic acids is 1. The van der Waals surface area contributed by atoms with Crippen LogP contribution < -0.4 is 10.1 Å². The van der Waals surface area contributed by atoms with Gasteiger partial charge in [0.05, 0.1) is 20.1 Å². The molecule has 6 nitrogen and oxygen atoms in total. The first-order valence-corrected chi connectivity index (χ1v) is 5.74. The Labute approximate surface area is 111 Å². The average molecular weight is 267 g/mol. The van der Waals surface area contributed by atoms with Crippen LogP contribution in [0.3, 0.4) is 0 Å². The summed E-state index contributed by atoms with van der Waals surface area (Å²) in [5, 5.41) is 19.8. The van der Waals surface area contributed by atoms with Gasteiger partial charge in [-0.1, -0.05) is 17.7 Å². The molecule has 0 spiro atoms. The zero-order valence-corrected chi connectivity index (χ0v) is 10.8. The lowest BCUT2D eigenvalue weighted by atomic mass is 10.1. The van der Waals surface area contributed by atoms with Gasteiger partial charge in [-0.05, 0) is 13.0 Å². The SMILES string of the molecule is COc1ccc(C)cc1CC(=O)N[C@H](CO)C(=O)O. The van der Waals surface area contributed by atoms with E-state index in [9.17, 15) is 9.59 Å². The number of aliphatic carboxylic acids is 1. The Morgan fingerprint density at radius 1 is 1.42 bits per heavy atom. The number of carbonyl (C=O) groups is 2. The van der Waals surface area contributed by atoms with Crippen molar-refractivity contribution in [1.29, 1.82) is 0 Å². The number of hydrogen-bond acceptors (Lipinski definition) is 4. The first kappa shape index (κ1) is 15.0. The molecule has 1 aromatic carbocycles. The van der Waals surface area contributed by atoms with Gasteiger partial charge < -0.3 is 20.3 Å². The largest absolute Gasteiger partial charge is 0.496 e. The van der Waals surface area contributed by atoms with Crippen LogP contribution in [0, 0.1) is 6.92 Å². The second kappa shape index (κ2) is 6.75. The molecule has 0 unspecified atom stereocenters. The molecule has 6 heteroatoms. The van der Waals surface area contributed by atoms with Gasteiger partial charge in [0.2, 0.25) is 5.91 Å². The van der Waals surface area contributed by atoms with Crippen molar-refractivity contribution in [1.82, 2.24) is 5.32 Å². The van der Waals surface area contributed by atoms with Crippen LogP contribution in [0.15, 0.2) is 18.2 Å². The number of ether oxygens (including phenoxy) is 1. The van der Waals surface area contributed by atoms with Crippen LogP contribution in [0.25, 0.3) is 0 Å². The summed E-state index contributed by atoms with van der Waals surface area (Å²) in [6.45, 7) is 1.24. The minimum Gasteiger partial charge on any atom is -0.496 e. The van der Waals surface area contributed by atoms with Crippen LogP contribution >= 0.6 is 0 Å². The van der Waals surface area contributed by atoms with E-state index in [4.69, 9.17) is 14.9 Å². The van der Waals surface area contributed by atoms with Crippen LogP contribution in [0.2, 0.25) is 0 Å². The molecule has 0 fully saturated rings. The summed E-state index contributed by atoms with van der Waals surface area (Å²) in [5.74, 6) is -1.19. The highest BCUT2D eigenvalue weighted by Crippen LogP contribution is 2.20. The molecule has 0 aliphatic heterocycles. The maximum atomic E-state index is 11.7. The molecule has 19 heavy (non-hydrogen) atoms. The Kier molecular flexibility index (Phi) is 5.32. The number of carboxylic acid groups (broad SMARTS) is 1. The molecule has 0 bridgehead atoms. The van der Waals surface area contributed by atoms with E-state index in [0.717, 1.165) is 5.56 Å². The van der Waals surface area contributed by atoms with Gasteiger partial charge in [0.15, 0.2) is 0 Å². The van der Waals surface area contributed by atoms with Gasteiger partial charge in [0.25, 0.3) is 0 Å². The van der Waals surface area contributed by atoms with Gasteiger partial charge in [0, 0.05) is 5.56 Å². The molecule has 0 saturated carbocycles. The molecule has 0 aliphatic rings. The van der Waals surface area contributed by atoms with Gasteiger partial charge in [-0.3, -0.25) is 4.79 Å². The van der Waals surface area contributed by atoms with Gasteiger partial charge in [-0.25, -0.2) is 4.79 Å². The van der Waals surface area contributed by atoms with Crippen molar-refractivity contribution in [2.75, 3.05) is 13.7 Å². The summed E-state index contributed by atoms with van der Waals surface area (Å²) in [4.78, 5) is 22.4. The number of amides is 1. The van der Waals surface area contributed by atoms with E-state index in [1.165, 1.54) is 7.11 Å². The number of aryl methyl sites for hydroxylation is 1. The molecule has 1 rings (SSSR count). The van der Waals surface area contributed by atoms with E-state index in [1.807, 2.05) is 13.0 Å². The normalized spacial score (nSPS) is 11.7. The summed E-state index contributed by atoms with van der Waals surface area (Å²) in [6, 6.07) is 4.11. The van der Waals surface area contributed by atoms with Crippen LogP contribution in [-0.2, 0) is 16.0 Å². The fourth-order valence-corrected chi connectivity index (χ4v) is 1.65. The molecule has 1 amide bonds. The number of hydrogen-bond donors (Lipinski definition) is 3. The number of methoxy groups -OCH3 is 1. The lowest BCUT2D eigenvalue weighted by molar-refractivity contribution is -0.142. The quantitative estimate of drug-likeness (QED) is 0.679. The highest BCUT2D eigenvalue weighted by Gasteiger charge is 2.19. The van der Waals surface area contributed by atoms with Crippen LogP contribution in [0.1, 0.15) is 11.1 Å². The van der Waals surface area contributed by atoms with Gasteiger partial charge in [0.1, 0.15) is 11.8 Å². The maximum absolute atomic E-state index is 11.7. The predicted octanol–water partition coefficient (Wildman–Crippen LogP) is 0.108. The van der Waals surface area contributed by atoms with Gasteiger partial charge >= 0.3 is 5.97 Å². The monoisotopic (exact) mass is 267 g/mol. The van der Waals surface area contributed by atoms with Crippen LogP contribution in [0.4, 0.5) is 0 Å². The van der Waals surface area contributed by atoms with E-state index in [-0.39, 0.29) is 6.42 Å². The van der Waals surface area contributed by atoms with Crippen molar-refractivity contribution < 1.29 is 24.5 Å². The molecule has 0 saturated heterocycles. The second-order valence-corrected chi connectivity index (χ2v) is 4.13. The molecule has 104 valence electrons. The van der Waals surface area contributed by atoms with Crippen molar-refractivity contribution in [3.05, 3.63) is 29.3 Å². The fraction of sp³-hybridized carbons (Fsp3) is 0.385. The lowest BCUT2D eigenvalue weighted by Gasteiger charge is -2.13. The predicted molar refractivity (Wildman–Crippen MR) is 68.1 cm³/mol. The second-order valence-electron chi connectivity index (χ2n) is 4.13. The maximum Gasteiger partial charge on any atom is 0.328 e. The summed E-state index contributed by atoms with van der Waals surface area (Å²) in [5.41, 5.74) is 1.64. The van der Waals surface area contributed by atoms with Crippen LogP contribution in [-0.4, -0.2) is 41.8 Å². The highest BCUT2D eigenvalue weighted by molar-refractivity contribution is 5.85. The lowest BCUT2D eigenvalue weighted by Crippen LogP contribution is -2.43. The molecule has 1 atom stereocenters. The highest BCUT2D eigenvalue weighted by atomic mass is 16.5. The van der Waals surface area contributed by atoms with Gasteiger partial charge in [-0.2, -0.15) is 0 Å². The third-order valence-corrected chi connectivity index (χ3v) is 2.60. The van der Waals surface area contributed by atoms with Crippen molar-refractivity contribution in [3.63, 3.8) is 0 Å². The number of nitrogens with one attached hydrogen (secondary N) is 1. The van der Waals surface area contributed by atoms with E-state index < -0.39 is 24.5 Å². The molecule has 1 aromatic rings.